The molecule has 0 aromatic heterocycles. The molecule has 0 saturated carbocycles. The maximum Gasteiger partial charge on any atom is 0.323 e. The largest absolute Gasteiger partial charge is 0.323 e. The molecule has 4 rings (SSSR count). The Morgan fingerprint density at radius 1 is 1.17 bits per heavy atom. The number of carbonyl (C=O) groups is 1. The number of likely N-dealkylation sites (tertiary alicyclic amines) is 1. The zero-order valence-corrected chi connectivity index (χ0v) is 17.7. The summed E-state index contributed by atoms with van der Waals surface area (Å²) in [6.45, 7) is 7.91. The summed E-state index contributed by atoms with van der Waals surface area (Å²) in [4.78, 5) is 12.4. The second-order valence-corrected chi connectivity index (χ2v) is 8.57. The third-order valence-electron chi connectivity index (χ3n) is 6.78. The van der Waals surface area contributed by atoms with E-state index in [4.69, 9.17) is 5.26 Å². The first-order chi connectivity index (χ1) is 14.5. The lowest BCUT2D eigenvalue weighted by Crippen LogP contribution is -2.60. The van der Waals surface area contributed by atoms with E-state index in [0.717, 1.165) is 23.3 Å². The van der Waals surface area contributed by atoms with Crippen molar-refractivity contribution in [2.45, 2.75) is 45.2 Å². The lowest BCUT2D eigenvalue weighted by Gasteiger charge is -2.44. The molecular weight excluding hydrogens is 374 g/mol. The van der Waals surface area contributed by atoms with Crippen LogP contribution in [0.1, 0.15) is 37.3 Å². The van der Waals surface area contributed by atoms with Crippen molar-refractivity contribution >= 4 is 23.1 Å². The van der Waals surface area contributed by atoms with Gasteiger partial charge in [0.05, 0.1) is 24.2 Å². The Morgan fingerprint density at radius 2 is 1.97 bits per heavy atom. The van der Waals surface area contributed by atoms with Crippen LogP contribution in [0, 0.1) is 18.3 Å². The van der Waals surface area contributed by atoms with Gasteiger partial charge in [-0.25, -0.2) is 4.79 Å². The van der Waals surface area contributed by atoms with E-state index in [-0.39, 0.29) is 6.03 Å². The minimum atomic E-state index is -0.310. The molecule has 2 saturated heterocycles. The number of hydrogen-bond acceptors (Lipinski definition) is 3. The van der Waals surface area contributed by atoms with Crippen LogP contribution in [0.2, 0.25) is 0 Å². The number of urea groups is 1. The molecule has 0 radical (unpaired) electrons. The van der Waals surface area contributed by atoms with Gasteiger partial charge in [0.15, 0.2) is 0 Å². The topological polar surface area (TPSA) is 77.0 Å². The second-order valence-electron chi connectivity index (χ2n) is 8.57. The number of quaternary nitrogens is 1. The van der Waals surface area contributed by atoms with Gasteiger partial charge in [0.2, 0.25) is 0 Å². The van der Waals surface area contributed by atoms with Gasteiger partial charge in [-0.2, -0.15) is 5.26 Å². The Kier molecular flexibility index (Phi) is 5.76. The summed E-state index contributed by atoms with van der Waals surface area (Å²) >= 11 is 0. The fraction of sp³-hybridized carbons (Fsp3) is 0.417. The number of nitriles is 1. The molecule has 3 unspecified atom stereocenters. The van der Waals surface area contributed by atoms with Gasteiger partial charge in [-0.1, -0.05) is 6.07 Å². The van der Waals surface area contributed by atoms with Gasteiger partial charge in [0, 0.05) is 55.4 Å². The molecule has 2 aliphatic rings. The van der Waals surface area contributed by atoms with Gasteiger partial charge in [0.1, 0.15) is 11.7 Å². The Morgan fingerprint density at radius 3 is 2.60 bits per heavy atom. The van der Waals surface area contributed by atoms with E-state index < -0.39 is 0 Å². The van der Waals surface area contributed by atoms with Crippen LogP contribution in [0.3, 0.4) is 0 Å². The van der Waals surface area contributed by atoms with Gasteiger partial charge in [-0.05, 0) is 44.2 Å². The molecule has 6 nitrogen and oxygen atoms in total. The maximum atomic E-state index is 12.4. The molecule has 2 aromatic rings. The smallest absolute Gasteiger partial charge is 0.311 e. The Labute approximate surface area is 178 Å². The number of nitrogens with one attached hydrogen (secondary N) is 3. The molecule has 2 aliphatic heterocycles. The highest BCUT2D eigenvalue weighted by molar-refractivity contribution is 6.00. The molecule has 3 atom stereocenters. The zero-order valence-electron chi connectivity index (χ0n) is 17.7. The van der Waals surface area contributed by atoms with E-state index >= 15 is 0 Å². The monoisotopic (exact) mass is 404 g/mol. The van der Waals surface area contributed by atoms with Crippen molar-refractivity contribution in [1.82, 2.24) is 9.80 Å². The van der Waals surface area contributed by atoms with Crippen molar-refractivity contribution in [3.05, 3.63) is 53.6 Å². The van der Waals surface area contributed by atoms with E-state index in [1.165, 1.54) is 37.1 Å². The van der Waals surface area contributed by atoms with E-state index in [0.29, 0.717) is 23.3 Å². The molecule has 2 amide bonds. The van der Waals surface area contributed by atoms with Gasteiger partial charge < -0.3 is 16.0 Å². The summed E-state index contributed by atoms with van der Waals surface area (Å²) in [7, 11) is 0. The zero-order chi connectivity index (χ0) is 21.1. The van der Waals surface area contributed by atoms with Gasteiger partial charge in [-0.3, -0.25) is 4.48 Å². The summed E-state index contributed by atoms with van der Waals surface area (Å²) in [6, 6.07) is 16.2. The van der Waals surface area contributed by atoms with Gasteiger partial charge >= 0.3 is 6.03 Å². The van der Waals surface area contributed by atoms with Crippen molar-refractivity contribution in [3.63, 3.8) is 0 Å². The Balaban J connectivity index is 1.52. The first-order valence-electron chi connectivity index (χ1n) is 10.8. The number of benzene rings is 2. The third kappa shape index (κ3) is 3.79. The second kappa shape index (κ2) is 8.47. The predicted octanol–water partition coefficient (Wildman–Crippen LogP) is 4.36. The summed E-state index contributed by atoms with van der Waals surface area (Å²) in [5.74, 6) is 0. The maximum absolute atomic E-state index is 12.4. The van der Waals surface area contributed by atoms with Crippen LogP contribution in [0.4, 0.5) is 21.9 Å². The average molecular weight is 405 g/mol. The van der Waals surface area contributed by atoms with E-state index in [9.17, 15) is 4.79 Å². The number of carbonyl (C=O) groups excluding carboxylic acids is 1. The number of nitrogens with zero attached hydrogens (tertiary/aromatic N) is 2. The van der Waals surface area contributed by atoms with E-state index in [1.807, 2.05) is 6.07 Å². The first kappa shape index (κ1) is 20.4. The number of hydrogen-bond donors (Lipinski definition) is 3. The van der Waals surface area contributed by atoms with Crippen LogP contribution in [-0.4, -0.2) is 37.7 Å². The normalized spacial score (nSPS) is 25.6. The molecule has 3 N–H and O–H groups in total. The Hall–Kier alpha value is -2.88. The summed E-state index contributed by atoms with van der Waals surface area (Å²) in [6.07, 6.45) is 3.75. The van der Waals surface area contributed by atoms with Crippen molar-refractivity contribution < 1.29 is 4.79 Å². The van der Waals surface area contributed by atoms with Crippen LogP contribution < -0.4 is 20.4 Å². The average Bonchev–Trinajstić information content (AvgIpc) is 3.39. The Bertz CT molecular complexity index is 976. The van der Waals surface area contributed by atoms with Crippen molar-refractivity contribution in [2.75, 3.05) is 30.3 Å². The summed E-state index contributed by atoms with van der Waals surface area (Å²) < 4.78 is 1.06. The summed E-state index contributed by atoms with van der Waals surface area (Å²) in [5.41, 5.74) is 4.51. The van der Waals surface area contributed by atoms with Crippen molar-refractivity contribution in [2.24, 2.45) is 0 Å². The SMILES string of the molecule is Cc1cc(NC(=O)Nc2cccc(C#N)c2)ccc1[N+]1(C2CCNC2)CCCC1C. The third-order valence-corrected chi connectivity index (χ3v) is 6.78. The lowest BCUT2D eigenvalue weighted by atomic mass is 10.0. The van der Waals surface area contributed by atoms with Crippen molar-refractivity contribution in [3.8, 4) is 6.07 Å². The van der Waals surface area contributed by atoms with E-state index in [2.05, 4.69) is 48.0 Å². The highest BCUT2D eigenvalue weighted by atomic mass is 16.2. The molecule has 0 bridgehead atoms. The van der Waals surface area contributed by atoms with Crippen LogP contribution in [0.15, 0.2) is 42.5 Å². The molecule has 0 aliphatic carbocycles. The summed E-state index contributed by atoms with van der Waals surface area (Å²) in [5, 5.41) is 18.3. The number of aryl methyl sites for hydroxylation is 1. The minimum Gasteiger partial charge on any atom is -0.311 e. The molecule has 2 fully saturated rings. The molecule has 0 spiro atoms. The molecule has 2 heterocycles. The van der Waals surface area contributed by atoms with Crippen LogP contribution >= 0.6 is 0 Å². The standard InChI is InChI=1S/C24H29N5O/c1-17-13-21(28-24(30)27-20-7-3-6-19(14-20)15-25)8-9-23(17)29(12-4-5-18(29)2)22-10-11-26-16-22/h3,6-9,13-14,18,22,26H,4-5,10-12,16H2,1-2H3,(H-,27,28,30)/p+1. The van der Waals surface area contributed by atoms with Gasteiger partial charge in [0.25, 0.3) is 0 Å². The highest BCUT2D eigenvalue weighted by Gasteiger charge is 2.48. The molecular formula is C24H30N5O+. The quantitative estimate of drug-likeness (QED) is 0.663. The highest BCUT2D eigenvalue weighted by Crippen LogP contribution is 2.41. The fourth-order valence-electron chi connectivity index (χ4n) is 5.39. The molecule has 2 aromatic carbocycles. The van der Waals surface area contributed by atoms with E-state index in [1.54, 1.807) is 24.3 Å². The van der Waals surface area contributed by atoms with Crippen LogP contribution in [0.25, 0.3) is 0 Å². The van der Waals surface area contributed by atoms with Crippen LogP contribution in [0.5, 0.6) is 0 Å². The van der Waals surface area contributed by atoms with Crippen molar-refractivity contribution in [1.29, 1.82) is 5.26 Å². The molecule has 156 valence electrons. The molecule has 30 heavy (non-hydrogen) atoms. The number of anilines is 2. The molecule has 6 heteroatoms. The first-order valence-corrected chi connectivity index (χ1v) is 10.8. The fourth-order valence-corrected chi connectivity index (χ4v) is 5.39. The number of rotatable bonds is 4. The lowest BCUT2D eigenvalue weighted by molar-refractivity contribution is 0.202. The predicted molar refractivity (Wildman–Crippen MR) is 122 cm³/mol. The minimum absolute atomic E-state index is 0.310. The van der Waals surface area contributed by atoms with Crippen LogP contribution in [-0.2, 0) is 0 Å². The van der Waals surface area contributed by atoms with Gasteiger partial charge in [-0.15, -0.1) is 0 Å². The number of amides is 2.